The number of rotatable bonds is 53. The van der Waals surface area contributed by atoms with Gasteiger partial charge in [0.15, 0.2) is 0 Å². The van der Waals surface area contributed by atoms with E-state index >= 15 is 0 Å². The Morgan fingerprint density at radius 1 is 0.286 bits per heavy atom. The highest BCUT2D eigenvalue weighted by Crippen LogP contribution is 2.23. The molecule has 0 rings (SSSR count). The molecule has 0 fully saturated rings. The largest absolute Gasteiger partial charge is 0.466 e. The lowest BCUT2D eigenvalue weighted by Crippen LogP contribution is -2.43. The maximum atomic E-state index is 12.1. The minimum atomic E-state index is -1.33. The Labute approximate surface area is 541 Å². The highest BCUT2D eigenvalue weighted by molar-refractivity contribution is 5.83. The van der Waals surface area contributed by atoms with Crippen LogP contribution in [0.15, 0.2) is 88.6 Å². The molecule has 0 saturated carbocycles. The quantitative estimate of drug-likeness (QED) is 0.0236. The summed E-state index contributed by atoms with van der Waals surface area (Å²) in [7, 11) is 0. The molecule has 0 aliphatic carbocycles. The normalized spacial score (nSPS) is 10.8. The van der Waals surface area contributed by atoms with Crippen molar-refractivity contribution < 1.29 is 110 Å². The Balaban J connectivity index is -0.000000608. The standard InChI is InChI=1S/C28H40O11.C15H26O4.C13H22O4.C12H20O4/c1-6-11-12-13-14-27(33)36-17-22(16-35-23(29)7-2)15-34-18-28(19-37-24(30)8-3,20-38-25(31)9-4)21-39-26(32)10-5;1-4-7-8-9-10-15(17)19-12-13(5-2)11-18-14(16)6-3;1-3-5-6-7-9-13(15)17-11-8-10-16-12(14)4-2;1-3-5-6-7-8-12(14)16-10-9-15-11(13)4-2/h7-10,22H,2-6,11-21H2,1H3;6,13H,3-5,7-12H2,1-2H3;4H,2-3,5-11H2,1H3;4H,2-3,5-10H2,1H3. The van der Waals surface area contributed by atoms with Crippen molar-refractivity contribution in [2.24, 2.45) is 17.3 Å². The summed E-state index contributed by atoms with van der Waals surface area (Å²) in [4.78, 5) is 125. The van der Waals surface area contributed by atoms with Crippen LogP contribution in [0.1, 0.15) is 176 Å². The monoisotopic (exact) mass is 1290 g/mol. The van der Waals surface area contributed by atoms with Crippen molar-refractivity contribution >= 4 is 65.7 Å². The van der Waals surface area contributed by atoms with Gasteiger partial charge in [-0.3, -0.25) is 19.2 Å². The molecular formula is C68H108O23. The fourth-order valence-corrected chi connectivity index (χ4v) is 6.82. The average Bonchev–Trinajstić information content (AvgIpc) is 3.06. The summed E-state index contributed by atoms with van der Waals surface area (Å²) in [5, 5.41) is 0. The van der Waals surface area contributed by atoms with Crippen molar-refractivity contribution in [1.82, 2.24) is 0 Å². The van der Waals surface area contributed by atoms with Gasteiger partial charge in [-0.15, -0.1) is 0 Å². The zero-order valence-electron chi connectivity index (χ0n) is 55.3. The summed E-state index contributed by atoms with van der Waals surface area (Å²) in [5.41, 5.74) is -1.33. The van der Waals surface area contributed by atoms with Crippen LogP contribution in [0.5, 0.6) is 0 Å². The lowest BCUT2D eigenvalue weighted by molar-refractivity contribution is -0.163. The Bertz CT molecular complexity index is 2050. The molecule has 0 saturated heterocycles. The second-order valence-electron chi connectivity index (χ2n) is 20.4. The first-order valence-corrected chi connectivity index (χ1v) is 31.4. The Morgan fingerprint density at radius 2 is 0.560 bits per heavy atom. The van der Waals surface area contributed by atoms with Crippen molar-refractivity contribution in [3.63, 3.8) is 0 Å². The van der Waals surface area contributed by atoms with E-state index in [-0.39, 0.29) is 109 Å². The first-order valence-electron chi connectivity index (χ1n) is 31.4. The zero-order valence-corrected chi connectivity index (χ0v) is 55.3. The summed E-state index contributed by atoms with van der Waals surface area (Å²) in [5.74, 6) is -5.78. The molecule has 2 atom stereocenters. The third-order valence-corrected chi connectivity index (χ3v) is 12.3. The molecule has 2 unspecified atom stereocenters. The van der Waals surface area contributed by atoms with Crippen molar-refractivity contribution in [2.75, 3.05) is 85.9 Å². The molecule has 23 nitrogen and oxygen atoms in total. The Kier molecular flexibility index (Phi) is 64.4. The molecule has 0 aromatic carbocycles. The van der Waals surface area contributed by atoms with Crippen LogP contribution in [0.25, 0.3) is 0 Å². The number of hydrogen-bond acceptors (Lipinski definition) is 23. The summed E-state index contributed by atoms with van der Waals surface area (Å²) < 4.78 is 61.1. The van der Waals surface area contributed by atoms with Gasteiger partial charge in [0.1, 0.15) is 33.0 Å². The molecular weight excluding hydrogens is 1180 g/mol. The fourth-order valence-electron chi connectivity index (χ4n) is 6.82. The third-order valence-electron chi connectivity index (χ3n) is 12.3. The van der Waals surface area contributed by atoms with Gasteiger partial charge in [-0.05, 0) is 32.1 Å². The van der Waals surface area contributed by atoms with Gasteiger partial charge < -0.3 is 56.8 Å². The number of unbranched alkanes of at least 4 members (excludes halogenated alkanes) is 12. The minimum absolute atomic E-state index is 0.0588. The molecule has 0 aromatic rings. The molecule has 91 heavy (non-hydrogen) atoms. The number of ether oxygens (including phenoxy) is 12. The first-order chi connectivity index (χ1) is 43.7. The van der Waals surface area contributed by atoms with Crippen molar-refractivity contribution in [2.45, 2.75) is 176 Å². The number of carbonyl (C=O) groups excluding carboxylic acids is 11. The summed E-state index contributed by atoms with van der Waals surface area (Å²) in [6.45, 7) is 33.3. The van der Waals surface area contributed by atoms with Gasteiger partial charge in [-0.1, -0.05) is 158 Å². The van der Waals surface area contributed by atoms with Gasteiger partial charge in [0.05, 0.1) is 64.2 Å². The molecule has 0 heterocycles. The van der Waals surface area contributed by atoms with E-state index in [9.17, 15) is 52.7 Å². The van der Waals surface area contributed by atoms with Gasteiger partial charge in [-0.25, -0.2) is 33.6 Å². The second-order valence-corrected chi connectivity index (χ2v) is 20.4. The molecule has 0 N–H and O–H groups in total. The van der Waals surface area contributed by atoms with Crippen LogP contribution < -0.4 is 0 Å². The van der Waals surface area contributed by atoms with Gasteiger partial charge in [0, 0.05) is 80.6 Å². The fraction of sp³-hybridized carbons (Fsp3) is 0.632. The zero-order chi connectivity index (χ0) is 69.2. The maximum absolute atomic E-state index is 12.1. The Morgan fingerprint density at radius 3 is 0.912 bits per heavy atom. The highest BCUT2D eigenvalue weighted by Gasteiger charge is 2.37. The van der Waals surface area contributed by atoms with Crippen molar-refractivity contribution in [1.29, 1.82) is 0 Å². The summed E-state index contributed by atoms with van der Waals surface area (Å²) >= 11 is 0. The van der Waals surface area contributed by atoms with Gasteiger partial charge in [0.2, 0.25) is 0 Å². The maximum Gasteiger partial charge on any atom is 0.330 e. The molecule has 0 amide bonds. The van der Waals surface area contributed by atoms with Crippen LogP contribution >= 0.6 is 0 Å². The van der Waals surface area contributed by atoms with Crippen LogP contribution in [0.3, 0.4) is 0 Å². The molecule has 0 aromatic heterocycles. The van der Waals surface area contributed by atoms with Crippen LogP contribution in [-0.2, 0) is 110 Å². The van der Waals surface area contributed by atoms with E-state index in [2.05, 4.69) is 78.5 Å². The van der Waals surface area contributed by atoms with Crippen LogP contribution in [0.2, 0.25) is 0 Å². The molecule has 0 radical (unpaired) electrons. The summed E-state index contributed by atoms with van der Waals surface area (Å²) in [6, 6.07) is 0. The Hall–Kier alpha value is -7.69. The van der Waals surface area contributed by atoms with Crippen molar-refractivity contribution in [3.05, 3.63) is 88.6 Å². The predicted molar refractivity (Wildman–Crippen MR) is 342 cm³/mol. The minimum Gasteiger partial charge on any atom is -0.466 e. The summed E-state index contributed by atoms with van der Waals surface area (Å²) in [6.07, 6.45) is 26.6. The lowest BCUT2D eigenvalue weighted by Gasteiger charge is -2.32. The van der Waals surface area contributed by atoms with Crippen LogP contribution in [0, 0.1) is 17.3 Å². The topological polar surface area (TPSA) is 299 Å². The smallest absolute Gasteiger partial charge is 0.330 e. The highest BCUT2D eigenvalue weighted by atomic mass is 16.6. The third kappa shape index (κ3) is 62.3. The number of esters is 11. The molecule has 0 aliphatic rings. The van der Waals surface area contributed by atoms with Gasteiger partial charge >= 0.3 is 65.7 Å². The molecule has 0 aliphatic heterocycles. The van der Waals surface area contributed by atoms with Crippen LogP contribution in [-0.4, -0.2) is 152 Å². The molecule has 518 valence electrons. The van der Waals surface area contributed by atoms with E-state index in [0.717, 1.165) is 145 Å². The van der Waals surface area contributed by atoms with E-state index in [0.29, 0.717) is 45.3 Å². The van der Waals surface area contributed by atoms with E-state index in [1.165, 1.54) is 0 Å². The first kappa shape index (κ1) is 89.7. The molecule has 0 spiro atoms. The predicted octanol–water partition coefficient (Wildman–Crippen LogP) is 11.1. The van der Waals surface area contributed by atoms with E-state index in [1.807, 2.05) is 6.92 Å². The van der Waals surface area contributed by atoms with Gasteiger partial charge in [-0.2, -0.15) is 0 Å². The number of carbonyl (C=O) groups is 11. The molecule has 0 bridgehead atoms. The average molecular weight is 1290 g/mol. The van der Waals surface area contributed by atoms with E-state index in [1.54, 1.807) is 0 Å². The van der Waals surface area contributed by atoms with Gasteiger partial charge in [0.25, 0.3) is 0 Å². The molecule has 23 heteroatoms. The number of hydrogen-bond donors (Lipinski definition) is 0. The van der Waals surface area contributed by atoms with Crippen LogP contribution in [0.4, 0.5) is 0 Å². The SMILES string of the molecule is C=CC(=O)OCC(CC)COC(=O)CCCCCC.C=CC(=O)OCC(COCC(COC(=O)C=C)(COC(=O)C=C)COC(=O)C=C)COC(=O)CCCCCC.C=CC(=O)OCCCOC(=O)CCCCCC.C=CC(=O)OCCOC(=O)CCCCCC. The second kappa shape index (κ2) is 65.3. The van der Waals surface area contributed by atoms with Crippen molar-refractivity contribution in [3.8, 4) is 0 Å². The van der Waals surface area contributed by atoms with E-state index < -0.39 is 53.1 Å². The van der Waals surface area contributed by atoms with E-state index in [4.69, 9.17) is 52.1 Å². The lowest BCUT2D eigenvalue weighted by atomic mass is 9.92.